The summed E-state index contributed by atoms with van der Waals surface area (Å²) in [5.74, 6) is 1.29. The van der Waals surface area contributed by atoms with Crippen molar-refractivity contribution in [1.29, 1.82) is 0 Å². The fraction of sp³-hybridized carbons (Fsp3) is 0.562. The fourth-order valence-electron chi connectivity index (χ4n) is 2.54. The summed E-state index contributed by atoms with van der Waals surface area (Å²) in [6, 6.07) is 7.75. The molecule has 110 valence electrons. The predicted octanol–water partition coefficient (Wildman–Crippen LogP) is 3.32. The van der Waals surface area contributed by atoms with Crippen molar-refractivity contribution in [3.63, 3.8) is 0 Å². The van der Waals surface area contributed by atoms with E-state index in [1.165, 1.54) is 0 Å². The molecule has 3 nitrogen and oxygen atoms in total. The number of hydrogen-bond donors (Lipinski definition) is 1. The molecular formula is C16H22ClNO2. The molecule has 0 saturated heterocycles. The van der Waals surface area contributed by atoms with E-state index in [1.54, 1.807) is 0 Å². The molecule has 0 fully saturated rings. The van der Waals surface area contributed by atoms with Gasteiger partial charge >= 0.3 is 0 Å². The average Bonchev–Trinajstić information content (AvgIpc) is 2.43. The van der Waals surface area contributed by atoms with Crippen molar-refractivity contribution >= 4 is 17.5 Å². The molecule has 0 aliphatic carbocycles. The molecule has 1 aromatic rings. The standard InChI is InChI=1S/C16H22ClNO2/c1-11(2)9-12(17)10-18-16(19)14-7-8-20-15-6-4-3-5-13(14)15/h3-6,11-12,14H,7-10H2,1-2H3,(H,18,19). The number of hydrogen-bond acceptors (Lipinski definition) is 2. The summed E-state index contributed by atoms with van der Waals surface area (Å²) >= 11 is 6.22. The molecule has 0 radical (unpaired) electrons. The van der Waals surface area contributed by atoms with Crippen LogP contribution in [-0.4, -0.2) is 24.4 Å². The molecule has 2 rings (SSSR count). The second-order valence-corrected chi connectivity index (χ2v) is 6.32. The molecule has 1 aliphatic rings. The molecule has 0 spiro atoms. The van der Waals surface area contributed by atoms with Crippen LogP contribution in [0.25, 0.3) is 0 Å². The van der Waals surface area contributed by atoms with Gasteiger partial charge in [-0.3, -0.25) is 4.79 Å². The highest BCUT2D eigenvalue weighted by molar-refractivity contribution is 6.20. The lowest BCUT2D eigenvalue weighted by Gasteiger charge is -2.25. The number of benzene rings is 1. The zero-order valence-corrected chi connectivity index (χ0v) is 12.8. The number of nitrogens with one attached hydrogen (secondary N) is 1. The Morgan fingerprint density at radius 3 is 2.95 bits per heavy atom. The van der Waals surface area contributed by atoms with Crippen LogP contribution in [0, 0.1) is 5.92 Å². The van der Waals surface area contributed by atoms with Crippen molar-refractivity contribution in [2.45, 2.75) is 38.0 Å². The molecule has 0 saturated carbocycles. The number of ether oxygens (including phenoxy) is 1. The van der Waals surface area contributed by atoms with Gasteiger partial charge in [0.15, 0.2) is 0 Å². The summed E-state index contributed by atoms with van der Waals surface area (Å²) in [7, 11) is 0. The first-order chi connectivity index (χ1) is 9.58. The van der Waals surface area contributed by atoms with Crippen LogP contribution in [-0.2, 0) is 4.79 Å². The molecular weight excluding hydrogens is 274 g/mol. The predicted molar refractivity (Wildman–Crippen MR) is 81.4 cm³/mol. The molecule has 2 atom stereocenters. The lowest BCUT2D eigenvalue weighted by molar-refractivity contribution is -0.123. The second kappa shape index (κ2) is 6.98. The molecule has 1 amide bonds. The van der Waals surface area contributed by atoms with Crippen LogP contribution >= 0.6 is 11.6 Å². The van der Waals surface area contributed by atoms with Crippen LogP contribution in [0.4, 0.5) is 0 Å². The van der Waals surface area contributed by atoms with E-state index in [2.05, 4.69) is 19.2 Å². The highest BCUT2D eigenvalue weighted by atomic mass is 35.5. The average molecular weight is 296 g/mol. The maximum Gasteiger partial charge on any atom is 0.227 e. The normalized spacial score (nSPS) is 19.1. The first-order valence-electron chi connectivity index (χ1n) is 7.21. The second-order valence-electron chi connectivity index (χ2n) is 5.70. The summed E-state index contributed by atoms with van der Waals surface area (Å²) in [6.07, 6.45) is 1.63. The lowest BCUT2D eigenvalue weighted by Crippen LogP contribution is -2.36. The van der Waals surface area contributed by atoms with Gasteiger partial charge in [-0.15, -0.1) is 11.6 Å². The summed E-state index contributed by atoms with van der Waals surface area (Å²) in [5.41, 5.74) is 0.978. The van der Waals surface area contributed by atoms with E-state index >= 15 is 0 Å². The first kappa shape index (κ1) is 15.2. The highest BCUT2D eigenvalue weighted by Gasteiger charge is 2.27. The molecule has 1 aliphatic heterocycles. The Labute approximate surface area is 125 Å². The van der Waals surface area contributed by atoms with E-state index in [4.69, 9.17) is 16.3 Å². The number of fused-ring (bicyclic) bond motifs is 1. The quantitative estimate of drug-likeness (QED) is 0.846. The molecule has 1 heterocycles. The van der Waals surface area contributed by atoms with Crippen LogP contribution in [0.1, 0.15) is 38.2 Å². The van der Waals surface area contributed by atoms with E-state index < -0.39 is 0 Å². The Kier molecular flexibility index (Phi) is 5.30. The minimum Gasteiger partial charge on any atom is -0.493 e. The Bertz CT molecular complexity index is 462. The van der Waals surface area contributed by atoms with Gasteiger partial charge in [0, 0.05) is 12.1 Å². The van der Waals surface area contributed by atoms with Crippen molar-refractivity contribution in [1.82, 2.24) is 5.32 Å². The van der Waals surface area contributed by atoms with Crippen LogP contribution in [0.5, 0.6) is 5.75 Å². The number of halogens is 1. The van der Waals surface area contributed by atoms with E-state index in [-0.39, 0.29) is 17.2 Å². The topological polar surface area (TPSA) is 38.3 Å². The Hall–Kier alpha value is -1.22. The highest BCUT2D eigenvalue weighted by Crippen LogP contribution is 2.33. The number of amides is 1. The van der Waals surface area contributed by atoms with Gasteiger partial charge < -0.3 is 10.1 Å². The number of carbonyl (C=O) groups is 1. The molecule has 2 unspecified atom stereocenters. The molecule has 1 N–H and O–H groups in total. The molecule has 0 aromatic heterocycles. The van der Waals surface area contributed by atoms with Gasteiger partial charge in [0.2, 0.25) is 5.91 Å². The van der Waals surface area contributed by atoms with E-state index in [9.17, 15) is 4.79 Å². The molecule has 1 aromatic carbocycles. The van der Waals surface area contributed by atoms with Gasteiger partial charge in [0.25, 0.3) is 0 Å². The van der Waals surface area contributed by atoms with E-state index in [0.717, 1.165) is 24.2 Å². The van der Waals surface area contributed by atoms with Crippen molar-refractivity contribution in [3.8, 4) is 5.75 Å². The largest absolute Gasteiger partial charge is 0.493 e. The number of para-hydroxylation sites is 1. The van der Waals surface area contributed by atoms with Crippen LogP contribution in [0.15, 0.2) is 24.3 Å². The zero-order valence-electron chi connectivity index (χ0n) is 12.1. The summed E-state index contributed by atoms with van der Waals surface area (Å²) in [6.45, 7) is 5.38. The van der Waals surface area contributed by atoms with Crippen molar-refractivity contribution in [2.75, 3.05) is 13.2 Å². The van der Waals surface area contributed by atoms with Crippen molar-refractivity contribution in [3.05, 3.63) is 29.8 Å². The third-order valence-electron chi connectivity index (χ3n) is 3.50. The van der Waals surface area contributed by atoms with Gasteiger partial charge in [0.05, 0.1) is 17.9 Å². The Morgan fingerprint density at radius 2 is 2.20 bits per heavy atom. The summed E-state index contributed by atoms with van der Waals surface area (Å²) in [5, 5.41) is 2.97. The summed E-state index contributed by atoms with van der Waals surface area (Å²) < 4.78 is 5.58. The molecule has 4 heteroatoms. The first-order valence-corrected chi connectivity index (χ1v) is 7.65. The third kappa shape index (κ3) is 3.89. The van der Waals surface area contributed by atoms with Gasteiger partial charge in [-0.25, -0.2) is 0 Å². The zero-order chi connectivity index (χ0) is 14.5. The maximum absolute atomic E-state index is 12.3. The monoisotopic (exact) mass is 295 g/mol. The summed E-state index contributed by atoms with van der Waals surface area (Å²) in [4.78, 5) is 12.3. The Balaban J connectivity index is 1.94. The number of carbonyl (C=O) groups excluding carboxylic acids is 1. The number of rotatable bonds is 5. The minimum absolute atomic E-state index is 0.00552. The van der Waals surface area contributed by atoms with Gasteiger partial charge in [-0.1, -0.05) is 32.0 Å². The SMILES string of the molecule is CC(C)CC(Cl)CNC(=O)C1CCOc2ccccc21. The molecule has 0 bridgehead atoms. The van der Waals surface area contributed by atoms with Crippen molar-refractivity contribution < 1.29 is 9.53 Å². The van der Waals surface area contributed by atoms with Crippen LogP contribution < -0.4 is 10.1 Å². The third-order valence-corrected chi connectivity index (χ3v) is 3.83. The lowest BCUT2D eigenvalue weighted by atomic mass is 9.92. The van der Waals surface area contributed by atoms with Crippen LogP contribution in [0.3, 0.4) is 0 Å². The van der Waals surface area contributed by atoms with Gasteiger partial charge in [-0.05, 0) is 24.8 Å². The van der Waals surface area contributed by atoms with E-state index in [0.29, 0.717) is 19.1 Å². The molecule has 20 heavy (non-hydrogen) atoms. The minimum atomic E-state index is -0.122. The van der Waals surface area contributed by atoms with Crippen molar-refractivity contribution in [2.24, 2.45) is 5.92 Å². The fourth-order valence-corrected chi connectivity index (χ4v) is 2.98. The van der Waals surface area contributed by atoms with Gasteiger partial charge in [0.1, 0.15) is 5.75 Å². The number of alkyl halides is 1. The maximum atomic E-state index is 12.3. The Morgan fingerprint density at radius 1 is 1.45 bits per heavy atom. The van der Waals surface area contributed by atoms with E-state index in [1.807, 2.05) is 24.3 Å². The van der Waals surface area contributed by atoms with Crippen LogP contribution in [0.2, 0.25) is 0 Å². The van der Waals surface area contributed by atoms with Gasteiger partial charge in [-0.2, -0.15) is 0 Å². The smallest absolute Gasteiger partial charge is 0.227 e.